The molecule has 0 amide bonds. The van der Waals surface area contributed by atoms with Gasteiger partial charge in [0.1, 0.15) is 0 Å². The Kier molecular flexibility index (Phi) is 3.16. The largest absolute Gasteiger partial charge is 0.300 e. The molecule has 1 nitrogen and oxygen atoms in total. The molecular formula is C13H25N. The Morgan fingerprint density at radius 1 is 1.21 bits per heavy atom. The summed E-state index contributed by atoms with van der Waals surface area (Å²) in [4.78, 5) is 2.76. The lowest BCUT2D eigenvalue weighted by atomic mass is 9.77. The van der Waals surface area contributed by atoms with Gasteiger partial charge in [-0.15, -0.1) is 0 Å². The van der Waals surface area contributed by atoms with Gasteiger partial charge in [0.25, 0.3) is 0 Å². The fourth-order valence-electron chi connectivity index (χ4n) is 3.09. The maximum absolute atomic E-state index is 2.76. The molecule has 2 atom stereocenters. The molecule has 0 aromatic rings. The summed E-state index contributed by atoms with van der Waals surface area (Å²) in [5.74, 6) is 2.85. The average Bonchev–Trinajstić information content (AvgIpc) is 3.00. The van der Waals surface area contributed by atoms with Crippen LogP contribution in [0.15, 0.2) is 0 Å². The third kappa shape index (κ3) is 2.13. The second kappa shape index (κ2) is 4.22. The first kappa shape index (κ1) is 10.5. The first-order valence-electron chi connectivity index (χ1n) is 6.46. The zero-order chi connectivity index (χ0) is 10.1. The third-order valence-corrected chi connectivity index (χ3v) is 4.28. The Labute approximate surface area is 88.9 Å². The van der Waals surface area contributed by atoms with Gasteiger partial charge in [0.2, 0.25) is 0 Å². The SMILES string of the molecule is CC[C@@H]1CCN(C2CC2)C[C@@H]1C(C)C. The third-order valence-electron chi connectivity index (χ3n) is 4.28. The normalized spacial score (nSPS) is 35.1. The molecule has 1 aliphatic carbocycles. The molecule has 2 rings (SSSR count). The van der Waals surface area contributed by atoms with Crippen molar-refractivity contribution in [2.24, 2.45) is 17.8 Å². The highest BCUT2D eigenvalue weighted by Crippen LogP contribution is 2.37. The molecule has 0 unspecified atom stereocenters. The van der Waals surface area contributed by atoms with E-state index in [9.17, 15) is 0 Å². The molecule has 0 N–H and O–H groups in total. The summed E-state index contributed by atoms with van der Waals surface area (Å²) >= 11 is 0. The zero-order valence-electron chi connectivity index (χ0n) is 10.00. The Hall–Kier alpha value is -0.0400. The standard InChI is InChI=1S/C13H25N/c1-4-11-7-8-14(12-5-6-12)9-13(11)10(2)3/h10-13H,4-9H2,1-3H3/t11-,13-/m1/s1. The van der Waals surface area contributed by atoms with Crippen LogP contribution in [-0.2, 0) is 0 Å². The quantitative estimate of drug-likeness (QED) is 0.668. The molecule has 1 saturated heterocycles. The van der Waals surface area contributed by atoms with Crippen LogP contribution in [0.5, 0.6) is 0 Å². The second-order valence-electron chi connectivity index (χ2n) is 5.59. The molecule has 1 heterocycles. The highest BCUT2D eigenvalue weighted by Gasteiger charge is 2.36. The van der Waals surface area contributed by atoms with Crippen LogP contribution in [0.1, 0.15) is 46.5 Å². The highest BCUT2D eigenvalue weighted by atomic mass is 15.2. The van der Waals surface area contributed by atoms with Crippen molar-refractivity contribution in [3.8, 4) is 0 Å². The second-order valence-corrected chi connectivity index (χ2v) is 5.59. The molecule has 0 aromatic carbocycles. The number of rotatable bonds is 3. The number of piperidine rings is 1. The van der Waals surface area contributed by atoms with Gasteiger partial charge in [-0.3, -0.25) is 0 Å². The smallest absolute Gasteiger partial charge is 0.00965 e. The van der Waals surface area contributed by atoms with Gasteiger partial charge in [-0.25, -0.2) is 0 Å². The van der Waals surface area contributed by atoms with Crippen LogP contribution in [-0.4, -0.2) is 24.0 Å². The summed E-state index contributed by atoms with van der Waals surface area (Å²) in [7, 11) is 0. The molecule has 2 fully saturated rings. The zero-order valence-corrected chi connectivity index (χ0v) is 10.00. The van der Waals surface area contributed by atoms with E-state index in [1.54, 1.807) is 0 Å². The Balaban J connectivity index is 1.93. The predicted molar refractivity (Wildman–Crippen MR) is 61.3 cm³/mol. The van der Waals surface area contributed by atoms with Gasteiger partial charge in [0.15, 0.2) is 0 Å². The molecule has 82 valence electrons. The molecule has 14 heavy (non-hydrogen) atoms. The summed E-state index contributed by atoms with van der Waals surface area (Å²) < 4.78 is 0. The molecule has 0 aromatic heterocycles. The van der Waals surface area contributed by atoms with E-state index in [2.05, 4.69) is 25.7 Å². The minimum Gasteiger partial charge on any atom is -0.300 e. The van der Waals surface area contributed by atoms with E-state index in [-0.39, 0.29) is 0 Å². The summed E-state index contributed by atoms with van der Waals surface area (Å²) in [6.45, 7) is 9.95. The van der Waals surface area contributed by atoms with Crippen LogP contribution in [0.2, 0.25) is 0 Å². The highest BCUT2D eigenvalue weighted by molar-refractivity contribution is 4.90. The Bertz CT molecular complexity index is 184. The van der Waals surface area contributed by atoms with Crippen molar-refractivity contribution in [3.05, 3.63) is 0 Å². The van der Waals surface area contributed by atoms with Crippen molar-refractivity contribution in [2.75, 3.05) is 13.1 Å². The van der Waals surface area contributed by atoms with Crippen molar-refractivity contribution in [1.82, 2.24) is 4.90 Å². The van der Waals surface area contributed by atoms with Gasteiger partial charge in [-0.2, -0.15) is 0 Å². The van der Waals surface area contributed by atoms with Crippen molar-refractivity contribution in [1.29, 1.82) is 0 Å². The lowest BCUT2D eigenvalue weighted by Crippen LogP contribution is -2.43. The van der Waals surface area contributed by atoms with E-state index in [0.29, 0.717) is 0 Å². The average molecular weight is 195 g/mol. The molecule has 2 aliphatic rings. The molecule has 1 heteroatoms. The maximum atomic E-state index is 2.76. The Morgan fingerprint density at radius 2 is 1.93 bits per heavy atom. The number of likely N-dealkylation sites (tertiary alicyclic amines) is 1. The fourth-order valence-corrected chi connectivity index (χ4v) is 3.09. The summed E-state index contributed by atoms with van der Waals surface area (Å²) in [6, 6.07) is 0.981. The van der Waals surface area contributed by atoms with E-state index >= 15 is 0 Å². The molecule has 0 bridgehead atoms. The minimum atomic E-state index is 0.876. The van der Waals surface area contributed by atoms with Crippen molar-refractivity contribution < 1.29 is 0 Å². The first-order chi connectivity index (χ1) is 6.72. The van der Waals surface area contributed by atoms with Crippen LogP contribution in [0, 0.1) is 17.8 Å². The van der Waals surface area contributed by atoms with Crippen LogP contribution < -0.4 is 0 Å². The Morgan fingerprint density at radius 3 is 2.43 bits per heavy atom. The van der Waals surface area contributed by atoms with E-state index in [1.165, 1.54) is 38.8 Å². The van der Waals surface area contributed by atoms with Crippen LogP contribution >= 0.6 is 0 Å². The van der Waals surface area contributed by atoms with Crippen molar-refractivity contribution >= 4 is 0 Å². The predicted octanol–water partition coefficient (Wildman–Crippen LogP) is 3.15. The van der Waals surface area contributed by atoms with Crippen LogP contribution in [0.3, 0.4) is 0 Å². The lowest BCUT2D eigenvalue weighted by molar-refractivity contribution is 0.0812. The monoisotopic (exact) mass is 195 g/mol. The number of hydrogen-bond acceptors (Lipinski definition) is 1. The topological polar surface area (TPSA) is 3.24 Å². The van der Waals surface area contributed by atoms with E-state index in [4.69, 9.17) is 0 Å². The number of nitrogens with zero attached hydrogens (tertiary/aromatic N) is 1. The lowest BCUT2D eigenvalue weighted by Gasteiger charge is -2.40. The van der Waals surface area contributed by atoms with Gasteiger partial charge in [0, 0.05) is 12.6 Å². The van der Waals surface area contributed by atoms with Crippen molar-refractivity contribution in [2.45, 2.75) is 52.5 Å². The van der Waals surface area contributed by atoms with Gasteiger partial charge < -0.3 is 4.90 Å². The molecule has 1 saturated carbocycles. The fraction of sp³-hybridized carbons (Fsp3) is 1.00. The minimum absolute atomic E-state index is 0.876. The van der Waals surface area contributed by atoms with Gasteiger partial charge in [-0.1, -0.05) is 27.2 Å². The van der Waals surface area contributed by atoms with Gasteiger partial charge >= 0.3 is 0 Å². The van der Waals surface area contributed by atoms with Crippen LogP contribution in [0.25, 0.3) is 0 Å². The van der Waals surface area contributed by atoms with E-state index in [1.807, 2.05) is 0 Å². The molecular weight excluding hydrogens is 170 g/mol. The van der Waals surface area contributed by atoms with E-state index < -0.39 is 0 Å². The van der Waals surface area contributed by atoms with Crippen LogP contribution in [0.4, 0.5) is 0 Å². The van der Waals surface area contributed by atoms with Gasteiger partial charge in [0.05, 0.1) is 0 Å². The van der Waals surface area contributed by atoms with Gasteiger partial charge in [-0.05, 0) is 43.6 Å². The molecule has 1 aliphatic heterocycles. The number of hydrogen-bond donors (Lipinski definition) is 0. The maximum Gasteiger partial charge on any atom is 0.00965 e. The van der Waals surface area contributed by atoms with Crippen molar-refractivity contribution in [3.63, 3.8) is 0 Å². The summed E-state index contributed by atoms with van der Waals surface area (Å²) in [6.07, 6.45) is 5.79. The first-order valence-corrected chi connectivity index (χ1v) is 6.46. The summed E-state index contributed by atoms with van der Waals surface area (Å²) in [5, 5.41) is 0. The summed E-state index contributed by atoms with van der Waals surface area (Å²) in [5.41, 5.74) is 0. The van der Waals surface area contributed by atoms with E-state index in [0.717, 1.165) is 23.8 Å². The molecule has 0 radical (unpaired) electrons. The molecule has 0 spiro atoms.